The molecule has 6 nitrogen and oxygen atoms in total. The second kappa shape index (κ2) is 8.78. The number of esters is 2. The lowest BCUT2D eigenvalue weighted by molar-refractivity contribution is -0.169. The Morgan fingerprint density at radius 1 is 0.769 bits per heavy atom. The normalized spacial score (nSPS) is 29.3. The standard InChI is InChI=1S/C20H30O6/c1-3-25-17(23)19(11-7-5-9-15(19)21)13-14-20(18(24)26-4-2)12-8-6-10-16(20)22/h3-14H2,1-2H3. The summed E-state index contributed by atoms with van der Waals surface area (Å²) in [5, 5.41) is 0. The molecule has 0 radical (unpaired) electrons. The zero-order chi connectivity index (χ0) is 19.2. The van der Waals surface area contributed by atoms with Crippen LogP contribution < -0.4 is 0 Å². The number of carbonyl (C=O) groups excluding carboxylic acids is 4. The first-order valence-electron chi connectivity index (χ1n) is 9.84. The van der Waals surface area contributed by atoms with E-state index in [1.165, 1.54) is 0 Å². The molecule has 0 saturated heterocycles. The zero-order valence-corrected chi connectivity index (χ0v) is 15.9. The fourth-order valence-electron chi connectivity index (χ4n) is 4.31. The molecular weight excluding hydrogens is 336 g/mol. The van der Waals surface area contributed by atoms with E-state index in [1.54, 1.807) is 13.8 Å². The quantitative estimate of drug-likeness (QED) is 0.508. The molecule has 0 aliphatic heterocycles. The van der Waals surface area contributed by atoms with Gasteiger partial charge < -0.3 is 9.47 Å². The molecule has 0 aromatic rings. The van der Waals surface area contributed by atoms with Crippen molar-refractivity contribution >= 4 is 23.5 Å². The molecule has 0 heterocycles. The minimum atomic E-state index is -1.22. The topological polar surface area (TPSA) is 86.7 Å². The Kier molecular flexibility index (Phi) is 6.95. The summed E-state index contributed by atoms with van der Waals surface area (Å²) in [7, 11) is 0. The maximum atomic E-state index is 12.7. The van der Waals surface area contributed by atoms with Crippen molar-refractivity contribution in [2.45, 2.75) is 78.1 Å². The molecule has 2 saturated carbocycles. The fourth-order valence-corrected chi connectivity index (χ4v) is 4.31. The number of hydrogen-bond acceptors (Lipinski definition) is 6. The summed E-state index contributed by atoms with van der Waals surface area (Å²) >= 11 is 0. The summed E-state index contributed by atoms with van der Waals surface area (Å²) in [6.45, 7) is 3.83. The van der Waals surface area contributed by atoms with Crippen LogP contribution >= 0.6 is 0 Å². The lowest BCUT2D eigenvalue weighted by Gasteiger charge is -2.38. The molecule has 2 rings (SSSR count). The van der Waals surface area contributed by atoms with E-state index in [9.17, 15) is 19.2 Å². The van der Waals surface area contributed by atoms with E-state index in [-0.39, 0.29) is 37.6 Å². The van der Waals surface area contributed by atoms with Gasteiger partial charge in [-0.1, -0.05) is 12.8 Å². The summed E-state index contributed by atoms with van der Waals surface area (Å²) in [4.78, 5) is 50.7. The Morgan fingerprint density at radius 2 is 1.15 bits per heavy atom. The molecule has 2 fully saturated rings. The van der Waals surface area contributed by atoms with Crippen LogP contribution in [0.4, 0.5) is 0 Å². The predicted octanol–water partition coefficient (Wildman–Crippen LogP) is 3.15. The van der Waals surface area contributed by atoms with E-state index < -0.39 is 22.8 Å². The van der Waals surface area contributed by atoms with Crippen LogP contribution in [0.1, 0.15) is 78.1 Å². The first-order valence-corrected chi connectivity index (χ1v) is 9.84. The van der Waals surface area contributed by atoms with Crippen LogP contribution in [0.15, 0.2) is 0 Å². The van der Waals surface area contributed by atoms with Crippen molar-refractivity contribution in [2.24, 2.45) is 10.8 Å². The minimum Gasteiger partial charge on any atom is -0.465 e. The average Bonchev–Trinajstić information content (AvgIpc) is 2.63. The lowest BCUT2D eigenvalue weighted by Crippen LogP contribution is -2.47. The highest BCUT2D eigenvalue weighted by atomic mass is 16.5. The molecule has 26 heavy (non-hydrogen) atoms. The SMILES string of the molecule is CCOC(=O)C1(CCC2(C(=O)OCC)CCCCC2=O)CCCCC1=O. The van der Waals surface area contributed by atoms with E-state index in [4.69, 9.17) is 9.47 Å². The molecule has 2 aliphatic carbocycles. The van der Waals surface area contributed by atoms with Gasteiger partial charge in [-0.15, -0.1) is 0 Å². The number of Topliss-reactive ketones (excluding diaryl/α,β-unsaturated/α-hetero) is 2. The third kappa shape index (κ3) is 3.84. The second-order valence-corrected chi connectivity index (χ2v) is 7.37. The van der Waals surface area contributed by atoms with E-state index in [0.29, 0.717) is 25.7 Å². The summed E-state index contributed by atoms with van der Waals surface area (Å²) in [6, 6.07) is 0. The number of ketones is 2. The predicted molar refractivity (Wildman–Crippen MR) is 94.3 cm³/mol. The van der Waals surface area contributed by atoms with Gasteiger partial charge in [0.1, 0.15) is 22.4 Å². The highest BCUT2D eigenvalue weighted by Gasteiger charge is 2.53. The Hall–Kier alpha value is -1.72. The van der Waals surface area contributed by atoms with Gasteiger partial charge in [0.25, 0.3) is 0 Å². The Labute approximate surface area is 155 Å². The van der Waals surface area contributed by atoms with E-state index in [0.717, 1.165) is 25.7 Å². The van der Waals surface area contributed by atoms with E-state index in [2.05, 4.69) is 0 Å². The number of carbonyl (C=O) groups is 4. The van der Waals surface area contributed by atoms with Gasteiger partial charge in [0.05, 0.1) is 13.2 Å². The second-order valence-electron chi connectivity index (χ2n) is 7.37. The van der Waals surface area contributed by atoms with Crippen LogP contribution in [-0.4, -0.2) is 36.7 Å². The van der Waals surface area contributed by atoms with Crippen LogP contribution in [0.5, 0.6) is 0 Å². The maximum absolute atomic E-state index is 12.7. The minimum absolute atomic E-state index is 0.121. The van der Waals surface area contributed by atoms with Gasteiger partial charge >= 0.3 is 11.9 Å². The van der Waals surface area contributed by atoms with Crippen LogP contribution in [0.2, 0.25) is 0 Å². The van der Waals surface area contributed by atoms with Crippen LogP contribution in [-0.2, 0) is 28.7 Å². The summed E-state index contributed by atoms with van der Waals surface area (Å²) < 4.78 is 10.4. The zero-order valence-electron chi connectivity index (χ0n) is 15.9. The fraction of sp³-hybridized carbons (Fsp3) is 0.800. The van der Waals surface area contributed by atoms with Gasteiger partial charge in [0.2, 0.25) is 0 Å². The highest BCUT2D eigenvalue weighted by Crippen LogP contribution is 2.45. The van der Waals surface area contributed by atoms with Crippen molar-refractivity contribution in [3.8, 4) is 0 Å². The molecule has 0 aromatic carbocycles. The van der Waals surface area contributed by atoms with Gasteiger partial charge in [0.15, 0.2) is 0 Å². The van der Waals surface area contributed by atoms with Crippen LogP contribution in [0.25, 0.3) is 0 Å². The summed E-state index contributed by atoms with van der Waals surface area (Å²) in [5.74, 6) is -1.26. The third-order valence-corrected chi connectivity index (χ3v) is 5.89. The van der Waals surface area contributed by atoms with Crippen molar-refractivity contribution in [3.05, 3.63) is 0 Å². The Balaban J connectivity index is 2.28. The van der Waals surface area contributed by atoms with Crippen molar-refractivity contribution in [1.29, 1.82) is 0 Å². The van der Waals surface area contributed by atoms with Crippen molar-refractivity contribution in [3.63, 3.8) is 0 Å². The smallest absolute Gasteiger partial charge is 0.319 e. The highest BCUT2D eigenvalue weighted by molar-refractivity contribution is 6.06. The Morgan fingerprint density at radius 3 is 1.46 bits per heavy atom. The van der Waals surface area contributed by atoms with Gasteiger partial charge in [0, 0.05) is 12.8 Å². The average molecular weight is 366 g/mol. The molecule has 0 spiro atoms. The number of ether oxygens (including phenoxy) is 2. The molecule has 0 N–H and O–H groups in total. The van der Waals surface area contributed by atoms with E-state index >= 15 is 0 Å². The maximum Gasteiger partial charge on any atom is 0.319 e. The molecule has 0 amide bonds. The molecular formula is C20H30O6. The molecule has 6 heteroatoms. The molecule has 2 aliphatic rings. The van der Waals surface area contributed by atoms with Crippen molar-refractivity contribution in [1.82, 2.24) is 0 Å². The van der Waals surface area contributed by atoms with Crippen LogP contribution in [0, 0.1) is 10.8 Å². The number of rotatable bonds is 7. The Bertz CT molecular complexity index is 519. The molecule has 146 valence electrons. The van der Waals surface area contributed by atoms with E-state index in [1.807, 2.05) is 0 Å². The number of hydrogen-bond donors (Lipinski definition) is 0. The van der Waals surface area contributed by atoms with Crippen molar-refractivity contribution in [2.75, 3.05) is 13.2 Å². The van der Waals surface area contributed by atoms with Crippen LogP contribution in [0.3, 0.4) is 0 Å². The van der Waals surface area contributed by atoms with Gasteiger partial charge in [-0.3, -0.25) is 19.2 Å². The largest absolute Gasteiger partial charge is 0.465 e. The van der Waals surface area contributed by atoms with Gasteiger partial charge in [-0.05, 0) is 52.4 Å². The monoisotopic (exact) mass is 366 g/mol. The lowest BCUT2D eigenvalue weighted by atomic mass is 9.63. The first kappa shape index (κ1) is 20.6. The van der Waals surface area contributed by atoms with Gasteiger partial charge in [-0.2, -0.15) is 0 Å². The first-order chi connectivity index (χ1) is 12.4. The summed E-state index contributed by atoms with van der Waals surface area (Å²) in [5.41, 5.74) is -2.43. The molecule has 0 aromatic heterocycles. The molecule has 2 unspecified atom stereocenters. The molecule has 0 bridgehead atoms. The third-order valence-electron chi connectivity index (χ3n) is 5.89. The van der Waals surface area contributed by atoms with Gasteiger partial charge in [-0.25, -0.2) is 0 Å². The molecule has 2 atom stereocenters. The summed E-state index contributed by atoms with van der Waals surface area (Å²) in [6.07, 6.45) is 4.97. The van der Waals surface area contributed by atoms with Crippen molar-refractivity contribution < 1.29 is 28.7 Å².